The minimum Gasteiger partial charge on any atom is -0.508 e. The van der Waals surface area contributed by atoms with E-state index in [1.807, 2.05) is 40.0 Å². The number of hydrogen-bond donors (Lipinski definition) is 2. The second-order valence-electron chi connectivity index (χ2n) is 14.8. The molecule has 5 nitrogen and oxygen atoms in total. The van der Waals surface area contributed by atoms with Crippen LogP contribution in [0.4, 0.5) is 8.78 Å². The normalized spacial score (nSPS) is 36.6. The first kappa shape index (κ1) is 33.1. The standard InChI is InChI=1S/C38H45F2NO4S/c1-36-14-13-27(43)16-31(36)32(40)17-29-30-15-25(38(3,34(45)19-39)37(30,2)18-33(44)35(29)36)21-41(4)20-23-5-7-24(8-6-23)22-46-28-11-9-26(42)10-12-28/h5-14,16,25,29-30,32-33,35,42,44H,15,17-22H2,1-4H3. The van der Waals surface area contributed by atoms with E-state index in [9.17, 15) is 24.2 Å². The Morgan fingerprint density at radius 1 is 1.04 bits per heavy atom. The van der Waals surface area contributed by atoms with E-state index in [2.05, 4.69) is 29.2 Å². The number of aliphatic hydroxyl groups is 1. The number of halogens is 2. The van der Waals surface area contributed by atoms with Gasteiger partial charge in [-0.15, -0.1) is 11.8 Å². The molecule has 0 spiro atoms. The van der Waals surface area contributed by atoms with Crippen LogP contribution in [0.3, 0.4) is 0 Å². The molecule has 0 aliphatic heterocycles. The molecule has 9 unspecified atom stereocenters. The van der Waals surface area contributed by atoms with E-state index in [1.165, 1.54) is 17.7 Å². The molecule has 0 saturated heterocycles. The zero-order valence-corrected chi connectivity index (χ0v) is 27.9. The summed E-state index contributed by atoms with van der Waals surface area (Å²) >= 11 is 1.70. The fraction of sp³-hybridized carbons (Fsp3) is 0.526. The van der Waals surface area contributed by atoms with Gasteiger partial charge >= 0.3 is 0 Å². The van der Waals surface area contributed by atoms with Gasteiger partial charge in [-0.25, -0.2) is 8.78 Å². The van der Waals surface area contributed by atoms with Crippen molar-refractivity contribution in [3.05, 3.63) is 83.5 Å². The summed E-state index contributed by atoms with van der Waals surface area (Å²) in [5.74, 6) is -0.290. The summed E-state index contributed by atoms with van der Waals surface area (Å²) in [6.45, 7) is 6.03. The number of phenols is 1. The van der Waals surface area contributed by atoms with Crippen LogP contribution >= 0.6 is 11.8 Å². The number of carbonyl (C=O) groups is 2. The first-order chi connectivity index (χ1) is 21.8. The molecule has 9 atom stereocenters. The second-order valence-corrected chi connectivity index (χ2v) is 15.8. The molecule has 4 aliphatic rings. The van der Waals surface area contributed by atoms with Gasteiger partial charge in [-0.1, -0.05) is 51.1 Å². The predicted octanol–water partition coefficient (Wildman–Crippen LogP) is 7.11. The largest absolute Gasteiger partial charge is 0.508 e. The van der Waals surface area contributed by atoms with Crippen molar-refractivity contribution in [3.8, 4) is 5.75 Å². The summed E-state index contributed by atoms with van der Waals surface area (Å²) in [6.07, 6.45) is 3.77. The zero-order valence-electron chi connectivity index (χ0n) is 27.1. The van der Waals surface area contributed by atoms with Crippen molar-refractivity contribution in [1.29, 1.82) is 0 Å². The first-order valence-electron chi connectivity index (χ1n) is 16.3. The number of Topliss-reactive ketones (excluding diaryl/α,β-unsaturated/α-hetero) is 1. The van der Waals surface area contributed by atoms with Crippen LogP contribution < -0.4 is 0 Å². The predicted molar refractivity (Wildman–Crippen MR) is 177 cm³/mol. The fourth-order valence-corrected chi connectivity index (χ4v) is 10.7. The molecule has 2 N–H and O–H groups in total. The number of benzene rings is 2. The molecule has 2 aromatic rings. The lowest BCUT2D eigenvalue weighted by Crippen LogP contribution is -2.60. The van der Waals surface area contributed by atoms with E-state index in [4.69, 9.17) is 0 Å². The minimum atomic E-state index is -1.30. The van der Waals surface area contributed by atoms with Crippen LogP contribution in [0.1, 0.15) is 51.2 Å². The molecule has 246 valence electrons. The number of hydrogen-bond acceptors (Lipinski definition) is 6. The summed E-state index contributed by atoms with van der Waals surface area (Å²) in [5, 5.41) is 21.3. The Balaban J connectivity index is 1.20. The van der Waals surface area contributed by atoms with E-state index in [-0.39, 0.29) is 41.6 Å². The third-order valence-electron chi connectivity index (χ3n) is 12.4. The Bertz CT molecular complexity index is 1540. The number of phenolic OH excluding ortho intramolecular Hbond substituents is 1. The third kappa shape index (κ3) is 5.48. The highest BCUT2D eigenvalue weighted by molar-refractivity contribution is 7.98. The van der Waals surface area contributed by atoms with Crippen LogP contribution in [0, 0.1) is 39.9 Å². The van der Waals surface area contributed by atoms with Gasteiger partial charge in [0.2, 0.25) is 0 Å². The fourth-order valence-electron chi connectivity index (χ4n) is 9.87. The van der Waals surface area contributed by atoms with Crippen LogP contribution in [0.15, 0.2) is 77.2 Å². The van der Waals surface area contributed by atoms with Crippen molar-refractivity contribution >= 4 is 23.3 Å². The summed E-state index contributed by atoms with van der Waals surface area (Å²) in [7, 11) is 2.02. The van der Waals surface area contributed by atoms with Crippen LogP contribution in [0.25, 0.3) is 0 Å². The summed E-state index contributed by atoms with van der Waals surface area (Å²) in [5.41, 5.74) is 0.296. The van der Waals surface area contributed by atoms with E-state index < -0.39 is 41.0 Å². The maximum atomic E-state index is 15.9. The Kier molecular flexibility index (Phi) is 8.87. The van der Waals surface area contributed by atoms with Crippen LogP contribution in [0.2, 0.25) is 0 Å². The molecule has 0 radical (unpaired) electrons. The molecular weight excluding hydrogens is 604 g/mol. The van der Waals surface area contributed by atoms with Gasteiger partial charge in [-0.05, 0) is 103 Å². The molecule has 6 rings (SSSR count). The molecule has 0 bridgehead atoms. The molecule has 0 heterocycles. The Labute approximate surface area is 275 Å². The second kappa shape index (κ2) is 12.3. The van der Waals surface area contributed by atoms with E-state index in [0.29, 0.717) is 31.5 Å². The molecular formula is C38H45F2NO4S. The van der Waals surface area contributed by atoms with Crippen LogP contribution in [0.5, 0.6) is 5.75 Å². The number of carbonyl (C=O) groups excluding carboxylic acids is 2. The van der Waals surface area contributed by atoms with Crippen molar-refractivity contribution in [2.45, 2.75) is 69.5 Å². The summed E-state index contributed by atoms with van der Waals surface area (Å²) < 4.78 is 30.2. The average molecular weight is 650 g/mol. The molecule has 8 heteroatoms. The lowest BCUT2D eigenvalue weighted by Gasteiger charge is -2.60. The average Bonchev–Trinajstić information content (AvgIpc) is 3.24. The zero-order chi connectivity index (χ0) is 33.0. The summed E-state index contributed by atoms with van der Waals surface area (Å²) in [6, 6.07) is 15.6. The van der Waals surface area contributed by atoms with Gasteiger partial charge in [0, 0.05) is 40.5 Å². The number of ketones is 2. The number of rotatable bonds is 9. The van der Waals surface area contributed by atoms with E-state index in [0.717, 1.165) is 16.2 Å². The number of nitrogens with zero attached hydrogens (tertiary/aromatic N) is 1. The highest BCUT2D eigenvalue weighted by Crippen LogP contribution is 2.71. The van der Waals surface area contributed by atoms with Gasteiger partial charge in [0.15, 0.2) is 11.6 Å². The van der Waals surface area contributed by atoms with Gasteiger partial charge in [-0.3, -0.25) is 9.59 Å². The van der Waals surface area contributed by atoms with E-state index in [1.54, 1.807) is 30.0 Å². The minimum absolute atomic E-state index is 0.0622. The van der Waals surface area contributed by atoms with Gasteiger partial charge in [0.1, 0.15) is 18.6 Å². The quantitative estimate of drug-likeness (QED) is 0.282. The number of aliphatic hydroxyl groups excluding tert-OH is 1. The van der Waals surface area contributed by atoms with Gasteiger partial charge in [0.25, 0.3) is 0 Å². The van der Waals surface area contributed by atoms with Gasteiger partial charge in [0.05, 0.1) is 6.10 Å². The molecule has 0 aromatic heterocycles. The summed E-state index contributed by atoms with van der Waals surface area (Å²) in [4.78, 5) is 29.1. The topological polar surface area (TPSA) is 77.8 Å². The number of alkyl halides is 2. The lowest BCUT2D eigenvalue weighted by molar-refractivity contribution is -0.160. The molecule has 46 heavy (non-hydrogen) atoms. The maximum Gasteiger partial charge on any atom is 0.178 e. The molecule has 2 aromatic carbocycles. The number of thioether (sulfide) groups is 1. The van der Waals surface area contributed by atoms with Crippen molar-refractivity contribution in [1.82, 2.24) is 4.90 Å². The van der Waals surface area contributed by atoms with Crippen molar-refractivity contribution in [3.63, 3.8) is 0 Å². The highest BCUT2D eigenvalue weighted by atomic mass is 32.2. The number of aromatic hydroxyl groups is 1. The highest BCUT2D eigenvalue weighted by Gasteiger charge is 2.70. The van der Waals surface area contributed by atoms with Crippen LogP contribution in [-0.2, 0) is 21.9 Å². The van der Waals surface area contributed by atoms with Gasteiger partial charge in [-0.2, -0.15) is 0 Å². The molecule has 0 amide bonds. The Morgan fingerprint density at radius 2 is 1.72 bits per heavy atom. The SMILES string of the molecule is CN(Cc1ccc(CSc2ccc(O)cc2)cc1)CC1CC2C3CC(F)C4=CC(=O)C=CC4(C)C3C(O)CC2(C)C1(C)C(=O)CF. The maximum absolute atomic E-state index is 15.9. The van der Waals surface area contributed by atoms with Crippen molar-refractivity contribution in [2.24, 2.45) is 39.9 Å². The number of fused-ring (bicyclic) bond motifs is 5. The lowest BCUT2D eigenvalue weighted by atomic mass is 9.44. The molecule has 3 saturated carbocycles. The molecule has 4 aliphatic carbocycles. The molecule has 3 fully saturated rings. The smallest absolute Gasteiger partial charge is 0.178 e. The third-order valence-corrected chi connectivity index (χ3v) is 13.4. The Morgan fingerprint density at radius 3 is 2.39 bits per heavy atom. The van der Waals surface area contributed by atoms with Crippen molar-refractivity contribution < 1.29 is 28.6 Å². The Hall–Kier alpha value is -2.81. The van der Waals surface area contributed by atoms with E-state index >= 15 is 4.39 Å². The van der Waals surface area contributed by atoms with Crippen molar-refractivity contribution in [2.75, 3.05) is 20.3 Å². The number of allylic oxidation sites excluding steroid dienone is 4. The van der Waals surface area contributed by atoms with Crippen LogP contribution in [-0.4, -0.2) is 59.2 Å². The van der Waals surface area contributed by atoms with Gasteiger partial charge < -0.3 is 15.1 Å². The monoisotopic (exact) mass is 649 g/mol. The first-order valence-corrected chi connectivity index (χ1v) is 17.3.